The van der Waals surface area contributed by atoms with Crippen molar-refractivity contribution in [3.05, 3.63) is 48.0 Å². The van der Waals surface area contributed by atoms with Gasteiger partial charge >= 0.3 is 0 Å². The minimum absolute atomic E-state index is 0.0580. The molecule has 0 saturated carbocycles. The van der Waals surface area contributed by atoms with Gasteiger partial charge in [-0.15, -0.1) is 0 Å². The number of nitrogens with zero attached hydrogens (tertiary/aromatic N) is 3. The third kappa shape index (κ3) is 3.36. The van der Waals surface area contributed by atoms with Crippen LogP contribution in [-0.4, -0.2) is 42.3 Å². The van der Waals surface area contributed by atoms with E-state index in [0.717, 1.165) is 47.5 Å². The van der Waals surface area contributed by atoms with Crippen LogP contribution in [0.2, 0.25) is 0 Å². The van der Waals surface area contributed by atoms with Gasteiger partial charge in [-0.1, -0.05) is 0 Å². The number of pyridine rings is 2. The summed E-state index contributed by atoms with van der Waals surface area (Å²) in [6.07, 6.45) is 2.69. The Kier molecular flexibility index (Phi) is 4.98. The highest BCUT2D eigenvalue weighted by atomic mass is 19.1. The third-order valence-electron chi connectivity index (χ3n) is 5.85. The molecule has 0 radical (unpaired) electrons. The van der Waals surface area contributed by atoms with E-state index in [-0.39, 0.29) is 17.9 Å². The molecule has 2 fully saturated rings. The van der Waals surface area contributed by atoms with Gasteiger partial charge in [0.2, 0.25) is 0 Å². The van der Waals surface area contributed by atoms with E-state index in [1.165, 1.54) is 6.07 Å². The number of nitrogen functional groups attached to an aromatic ring is 1. The fourth-order valence-corrected chi connectivity index (χ4v) is 4.29. The van der Waals surface area contributed by atoms with Crippen LogP contribution in [0.1, 0.15) is 25.1 Å². The number of hydrazine groups is 1. The summed E-state index contributed by atoms with van der Waals surface area (Å²) >= 11 is 0. The fraction of sp³-hybridized carbons (Fsp3) is 0.364. The van der Waals surface area contributed by atoms with E-state index in [2.05, 4.69) is 27.7 Å². The van der Waals surface area contributed by atoms with Crippen molar-refractivity contribution >= 4 is 22.4 Å². The number of aromatic nitrogens is 2. The van der Waals surface area contributed by atoms with Crippen LogP contribution in [-0.2, 0) is 4.74 Å². The highest BCUT2D eigenvalue weighted by molar-refractivity contribution is 5.97. The first-order valence-electron chi connectivity index (χ1n) is 10.3. The maximum Gasteiger partial charge on any atom is 0.133 e. The van der Waals surface area contributed by atoms with Crippen molar-refractivity contribution in [3.63, 3.8) is 0 Å². The van der Waals surface area contributed by atoms with Gasteiger partial charge in [-0.3, -0.25) is 10.4 Å². The molecule has 7 nitrogen and oxygen atoms in total. The van der Waals surface area contributed by atoms with Crippen molar-refractivity contribution in [1.29, 1.82) is 0 Å². The second kappa shape index (κ2) is 7.79. The molecule has 2 aromatic heterocycles. The highest BCUT2D eigenvalue weighted by Crippen LogP contribution is 2.36. The van der Waals surface area contributed by atoms with Gasteiger partial charge in [-0.25, -0.2) is 14.8 Å². The number of benzene rings is 1. The minimum atomic E-state index is -0.345. The summed E-state index contributed by atoms with van der Waals surface area (Å²) in [4.78, 5) is 11.9. The predicted molar refractivity (Wildman–Crippen MR) is 115 cm³/mol. The molecule has 4 N–H and O–H groups in total. The number of fused-ring (bicyclic) bond motifs is 1. The van der Waals surface area contributed by atoms with Crippen molar-refractivity contribution in [2.45, 2.75) is 25.4 Å². The molecular formula is C22H25FN6O. The lowest BCUT2D eigenvalue weighted by Gasteiger charge is -2.34. The Morgan fingerprint density at radius 2 is 2.13 bits per heavy atom. The Balaban J connectivity index is 1.75. The van der Waals surface area contributed by atoms with Gasteiger partial charge in [-0.2, -0.15) is 0 Å². The number of nitrogens with one attached hydrogen (secondary N) is 2. The highest BCUT2D eigenvalue weighted by Gasteiger charge is 2.26. The van der Waals surface area contributed by atoms with Gasteiger partial charge in [0.25, 0.3) is 0 Å². The van der Waals surface area contributed by atoms with Crippen LogP contribution in [0, 0.1) is 5.82 Å². The first-order chi connectivity index (χ1) is 14.6. The zero-order valence-corrected chi connectivity index (χ0v) is 16.9. The van der Waals surface area contributed by atoms with Gasteiger partial charge in [0.05, 0.1) is 36.5 Å². The lowest BCUT2D eigenvalue weighted by atomic mass is 9.98. The fourth-order valence-electron chi connectivity index (χ4n) is 4.29. The van der Waals surface area contributed by atoms with Crippen molar-refractivity contribution in [3.8, 4) is 11.1 Å². The molecule has 4 heterocycles. The molecule has 8 heteroatoms. The molecule has 2 atom stereocenters. The molecule has 3 aromatic rings. The first kappa shape index (κ1) is 19.2. The Morgan fingerprint density at radius 1 is 1.23 bits per heavy atom. The molecule has 156 valence electrons. The summed E-state index contributed by atoms with van der Waals surface area (Å²) in [6, 6.07) is 8.95. The van der Waals surface area contributed by atoms with Crippen molar-refractivity contribution in [2.75, 3.05) is 36.9 Å². The molecule has 30 heavy (non-hydrogen) atoms. The van der Waals surface area contributed by atoms with Crippen LogP contribution in [0.4, 0.5) is 15.9 Å². The molecular weight excluding hydrogens is 383 g/mol. The number of ether oxygens (including phenoxy) is 1. The molecule has 2 aliphatic rings. The van der Waals surface area contributed by atoms with E-state index in [9.17, 15) is 4.39 Å². The van der Waals surface area contributed by atoms with E-state index in [4.69, 9.17) is 15.5 Å². The van der Waals surface area contributed by atoms with Gasteiger partial charge in [0.15, 0.2) is 0 Å². The molecule has 0 aliphatic carbocycles. The Hall–Kier alpha value is -2.81. The first-order valence-corrected chi connectivity index (χ1v) is 10.3. The topological polar surface area (TPSA) is 88.3 Å². The van der Waals surface area contributed by atoms with Crippen LogP contribution in [0.5, 0.6) is 0 Å². The summed E-state index contributed by atoms with van der Waals surface area (Å²) in [7, 11) is 0. The molecule has 1 aromatic carbocycles. The van der Waals surface area contributed by atoms with E-state index >= 15 is 0 Å². The molecule has 0 bridgehead atoms. The average Bonchev–Trinajstić information content (AvgIpc) is 3.28. The SMILES string of the molecule is C[C@@H]1COCCN1c1cc(-c2ccc(N)cc2F)c2ccnc(C3CCNN3)c2n1. The van der Waals surface area contributed by atoms with Crippen LogP contribution >= 0.6 is 0 Å². The van der Waals surface area contributed by atoms with Crippen LogP contribution < -0.4 is 21.5 Å². The summed E-state index contributed by atoms with van der Waals surface area (Å²) < 4.78 is 20.5. The summed E-state index contributed by atoms with van der Waals surface area (Å²) in [5, 5.41) is 0.877. The summed E-state index contributed by atoms with van der Waals surface area (Å²) in [6.45, 7) is 4.99. The monoisotopic (exact) mass is 408 g/mol. The summed E-state index contributed by atoms with van der Waals surface area (Å²) in [5.41, 5.74) is 15.6. The average molecular weight is 408 g/mol. The maximum atomic E-state index is 14.9. The lowest BCUT2D eigenvalue weighted by Crippen LogP contribution is -2.44. The standard InChI is InChI=1S/C22H25FN6O/c1-13-12-30-9-8-29(13)20-11-17(15-3-2-14(24)10-18(15)23)16-4-6-25-22(21(16)27-20)19-5-7-26-28-19/h2-4,6,10-11,13,19,26,28H,5,7-9,12,24H2,1H3/t13-,19?/m1/s1. The van der Waals surface area contributed by atoms with Gasteiger partial charge in [0.1, 0.15) is 11.6 Å². The smallest absolute Gasteiger partial charge is 0.133 e. The number of morpholine rings is 1. The third-order valence-corrected chi connectivity index (χ3v) is 5.85. The van der Waals surface area contributed by atoms with Crippen LogP contribution in [0.3, 0.4) is 0 Å². The number of halogens is 1. The van der Waals surface area contributed by atoms with E-state index in [1.54, 1.807) is 18.3 Å². The Morgan fingerprint density at radius 3 is 2.90 bits per heavy atom. The second-order valence-electron chi connectivity index (χ2n) is 7.89. The van der Waals surface area contributed by atoms with E-state index in [0.29, 0.717) is 24.5 Å². The molecule has 1 unspecified atom stereocenters. The van der Waals surface area contributed by atoms with Gasteiger partial charge in [-0.05, 0) is 49.2 Å². The molecule has 2 aliphatic heterocycles. The minimum Gasteiger partial charge on any atom is -0.399 e. The largest absolute Gasteiger partial charge is 0.399 e. The molecule has 0 amide bonds. The van der Waals surface area contributed by atoms with Crippen LogP contribution in [0.15, 0.2) is 36.5 Å². The molecule has 0 spiro atoms. The van der Waals surface area contributed by atoms with Gasteiger partial charge in [0, 0.05) is 35.9 Å². The number of hydrogen-bond acceptors (Lipinski definition) is 7. The van der Waals surface area contributed by atoms with Crippen molar-refractivity contribution in [1.82, 2.24) is 20.8 Å². The zero-order chi connectivity index (χ0) is 20.7. The number of hydrogen-bond donors (Lipinski definition) is 3. The van der Waals surface area contributed by atoms with Crippen molar-refractivity contribution < 1.29 is 9.13 Å². The maximum absolute atomic E-state index is 14.9. The molecule has 2 saturated heterocycles. The molecule has 5 rings (SSSR count). The van der Waals surface area contributed by atoms with E-state index < -0.39 is 0 Å². The Labute approximate surface area is 174 Å². The number of nitrogens with two attached hydrogens (primary N) is 1. The second-order valence-corrected chi connectivity index (χ2v) is 7.89. The predicted octanol–water partition coefficient (Wildman–Crippen LogP) is 2.78. The normalized spacial score (nSPS) is 22.0. The zero-order valence-electron chi connectivity index (χ0n) is 16.9. The Bertz CT molecular complexity index is 1080. The van der Waals surface area contributed by atoms with Crippen molar-refractivity contribution in [2.24, 2.45) is 0 Å². The lowest BCUT2D eigenvalue weighted by molar-refractivity contribution is 0.0986. The van der Waals surface area contributed by atoms with E-state index in [1.807, 2.05) is 12.1 Å². The van der Waals surface area contributed by atoms with Crippen LogP contribution in [0.25, 0.3) is 22.0 Å². The quantitative estimate of drug-likeness (QED) is 0.575. The number of anilines is 2. The van der Waals surface area contributed by atoms with Gasteiger partial charge < -0.3 is 15.4 Å². The summed E-state index contributed by atoms with van der Waals surface area (Å²) in [5.74, 6) is 0.465. The number of rotatable bonds is 3.